The summed E-state index contributed by atoms with van der Waals surface area (Å²) in [6.07, 6.45) is 11.2. The SMILES string of the molecule is O=C(CCn1ccnc1)Nc1cccc(C(=O)N2CCN(C(=O)NC3CCCCC3)CC2)c1. The van der Waals surface area contributed by atoms with Gasteiger partial charge in [0, 0.05) is 68.8 Å². The third kappa shape index (κ3) is 6.34. The highest BCUT2D eigenvalue weighted by molar-refractivity contribution is 5.97. The Morgan fingerprint density at radius 3 is 2.48 bits per heavy atom. The van der Waals surface area contributed by atoms with Gasteiger partial charge in [-0.3, -0.25) is 9.59 Å². The van der Waals surface area contributed by atoms with E-state index >= 15 is 0 Å². The molecule has 2 N–H and O–H groups in total. The molecule has 1 aliphatic heterocycles. The summed E-state index contributed by atoms with van der Waals surface area (Å²) < 4.78 is 1.84. The second-order valence-corrected chi connectivity index (χ2v) is 8.74. The number of anilines is 1. The van der Waals surface area contributed by atoms with Crippen LogP contribution in [0.4, 0.5) is 10.5 Å². The van der Waals surface area contributed by atoms with Gasteiger partial charge in [-0.25, -0.2) is 9.78 Å². The molecule has 4 amide bonds. The molecule has 2 heterocycles. The maximum atomic E-state index is 13.0. The minimum absolute atomic E-state index is 0.0191. The van der Waals surface area contributed by atoms with Crippen molar-refractivity contribution in [3.8, 4) is 0 Å². The van der Waals surface area contributed by atoms with E-state index in [1.807, 2.05) is 10.8 Å². The van der Waals surface area contributed by atoms with Crippen molar-refractivity contribution in [1.29, 1.82) is 0 Å². The van der Waals surface area contributed by atoms with E-state index in [0.29, 0.717) is 50.4 Å². The van der Waals surface area contributed by atoms with Crippen LogP contribution in [0.2, 0.25) is 0 Å². The molecule has 33 heavy (non-hydrogen) atoms. The standard InChI is InChI=1S/C24H32N6O3/c31-22(9-11-28-12-10-25-18-28)26-21-8-4-5-19(17-21)23(32)29-13-15-30(16-14-29)24(33)27-20-6-2-1-3-7-20/h4-5,8,10,12,17-18,20H,1-3,6-7,9,11,13-16H2,(H,26,31)(H,27,33). The average molecular weight is 453 g/mol. The molecule has 0 bridgehead atoms. The molecule has 2 fully saturated rings. The number of benzene rings is 1. The fourth-order valence-electron chi connectivity index (χ4n) is 4.41. The first-order valence-corrected chi connectivity index (χ1v) is 11.8. The third-order valence-electron chi connectivity index (χ3n) is 6.34. The molecule has 9 nitrogen and oxygen atoms in total. The van der Waals surface area contributed by atoms with Gasteiger partial charge in [0.05, 0.1) is 6.33 Å². The monoisotopic (exact) mass is 452 g/mol. The number of carbonyl (C=O) groups is 3. The molecule has 0 radical (unpaired) electrons. The summed E-state index contributed by atoms with van der Waals surface area (Å²) in [7, 11) is 0. The van der Waals surface area contributed by atoms with Gasteiger partial charge in [-0.15, -0.1) is 0 Å². The van der Waals surface area contributed by atoms with E-state index in [-0.39, 0.29) is 23.9 Å². The van der Waals surface area contributed by atoms with E-state index in [9.17, 15) is 14.4 Å². The van der Waals surface area contributed by atoms with E-state index < -0.39 is 0 Å². The van der Waals surface area contributed by atoms with Crippen molar-refractivity contribution in [3.05, 3.63) is 48.5 Å². The Labute approximate surface area is 194 Å². The summed E-state index contributed by atoms with van der Waals surface area (Å²) >= 11 is 0. The third-order valence-corrected chi connectivity index (χ3v) is 6.34. The predicted molar refractivity (Wildman–Crippen MR) is 125 cm³/mol. The molecule has 0 unspecified atom stereocenters. The van der Waals surface area contributed by atoms with Crippen molar-refractivity contribution < 1.29 is 14.4 Å². The van der Waals surface area contributed by atoms with Crippen LogP contribution in [0.3, 0.4) is 0 Å². The lowest BCUT2D eigenvalue weighted by Crippen LogP contribution is -2.54. The molecule has 2 aromatic rings. The number of amides is 4. The molecule has 1 aliphatic carbocycles. The summed E-state index contributed by atoms with van der Waals surface area (Å²) in [5.74, 6) is -0.206. The molecule has 1 aromatic carbocycles. The van der Waals surface area contributed by atoms with E-state index in [2.05, 4.69) is 15.6 Å². The lowest BCUT2D eigenvalue weighted by atomic mass is 9.96. The van der Waals surface area contributed by atoms with Gasteiger partial charge in [0.25, 0.3) is 5.91 Å². The van der Waals surface area contributed by atoms with Gasteiger partial charge in [0.15, 0.2) is 0 Å². The Morgan fingerprint density at radius 1 is 1.00 bits per heavy atom. The average Bonchev–Trinajstić information content (AvgIpc) is 3.37. The normalized spacial score (nSPS) is 17.0. The Balaban J connectivity index is 1.25. The molecule has 9 heteroatoms. The van der Waals surface area contributed by atoms with Gasteiger partial charge in [0.2, 0.25) is 5.91 Å². The van der Waals surface area contributed by atoms with Crippen LogP contribution < -0.4 is 10.6 Å². The highest BCUT2D eigenvalue weighted by Gasteiger charge is 2.26. The molecule has 176 valence electrons. The predicted octanol–water partition coefficient (Wildman–Crippen LogP) is 2.71. The Bertz CT molecular complexity index is 947. The zero-order valence-electron chi connectivity index (χ0n) is 18.9. The zero-order valence-corrected chi connectivity index (χ0v) is 18.9. The molecule has 1 saturated carbocycles. The molecule has 0 spiro atoms. The van der Waals surface area contributed by atoms with Crippen molar-refractivity contribution in [3.63, 3.8) is 0 Å². The number of rotatable bonds is 6. The van der Waals surface area contributed by atoms with Gasteiger partial charge >= 0.3 is 6.03 Å². The Morgan fingerprint density at radius 2 is 1.76 bits per heavy atom. The van der Waals surface area contributed by atoms with E-state index in [1.54, 1.807) is 46.6 Å². The van der Waals surface area contributed by atoms with E-state index in [1.165, 1.54) is 19.3 Å². The maximum Gasteiger partial charge on any atom is 0.317 e. The van der Waals surface area contributed by atoms with Crippen LogP contribution in [0, 0.1) is 0 Å². The largest absolute Gasteiger partial charge is 0.337 e. The van der Waals surface area contributed by atoms with Gasteiger partial charge in [-0.1, -0.05) is 25.3 Å². The molecule has 2 aliphatic rings. The molecule has 1 aromatic heterocycles. The maximum absolute atomic E-state index is 13.0. The highest BCUT2D eigenvalue weighted by atomic mass is 16.2. The molecule has 0 atom stereocenters. The number of aryl methyl sites for hydroxylation is 1. The second kappa shape index (κ2) is 11.0. The Hall–Kier alpha value is -3.36. The van der Waals surface area contributed by atoms with Gasteiger partial charge in [-0.2, -0.15) is 0 Å². The van der Waals surface area contributed by atoms with Gasteiger partial charge in [0.1, 0.15) is 0 Å². The second-order valence-electron chi connectivity index (χ2n) is 8.74. The number of hydrogen-bond donors (Lipinski definition) is 2. The minimum atomic E-state index is -0.120. The van der Waals surface area contributed by atoms with Crippen molar-refractivity contribution in [1.82, 2.24) is 24.7 Å². The number of carbonyl (C=O) groups excluding carboxylic acids is 3. The van der Waals surface area contributed by atoms with Crippen molar-refractivity contribution in [2.24, 2.45) is 0 Å². The topological polar surface area (TPSA) is 99.6 Å². The number of urea groups is 1. The lowest BCUT2D eigenvalue weighted by molar-refractivity contribution is -0.116. The first kappa shape index (κ1) is 22.8. The number of imidazole rings is 1. The van der Waals surface area contributed by atoms with Crippen molar-refractivity contribution in [2.45, 2.75) is 51.1 Å². The smallest absolute Gasteiger partial charge is 0.317 e. The molecule has 4 rings (SSSR count). The summed E-state index contributed by atoms with van der Waals surface area (Å²) in [5, 5.41) is 6.01. The van der Waals surface area contributed by atoms with Gasteiger partial charge in [-0.05, 0) is 31.0 Å². The lowest BCUT2D eigenvalue weighted by Gasteiger charge is -2.36. The van der Waals surface area contributed by atoms with Crippen molar-refractivity contribution >= 4 is 23.5 Å². The van der Waals surface area contributed by atoms with Crippen LogP contribution >= 0.6 is 0 Å². The number of nitrogens with zero attached hydrogens (tertiary/aromatic N) is 4. The highest BCUT2D eigenvalue weighted by Crippen LogP contribution is 2.18. The molecule has 1 saturated heterocycles. The first-order chi connectivity index (χ1) is 16.1. The molecular formula is C24H32N6O3. The van der Waals surface area contributed by atoms with Gasteiger partial charge < -0.3 is 25.0 Å². The van der Waals surface area contributed by atoms with Crippen LogP contribution in [0.15, 0.2) is 43.0 Å². The van der Waals surface area contributed by atoms with Crippen LogP contribution in [0.1, 0.15) is 48.9 Å². The van der Waals surface area contributed by atoms with E-state index in [4.69, 9.17) is 0 Å². The fourth-order valence-corrected chi connectivity index (χ4v) is 4.41. The molecular weight excluding hydrogens is 420 g/mol. The Kier molecular flexibility index (Phi) is 7.59. The summed E-state index contributed by atoms with van der Waals surface area (Å²) in [6, 6.07) is 7.27. The number of piperazine rings is 1. The summed E-state index contributed by atoms with van der Waals surface area (Å²) in [6.45, 7) is 2.59. The van der Waals surface area contributed by atoms with Crippen LogP contribution in [-0.4, -0.2) is 69.4 Å². The zero-order chi connectivity index (χ0) is 23.0. The summed E-state index contributed by atoms with van der Waals surface area (Å²) in [4.78, 5) is 45.3. The quantitative estimate of drug-likeness (QED) is 0.704. The van der Waals surface area contributed by atoms with Crippen LogP contribution in [0.5, 0.6) is 0 Å². The van der Waals surface area contributed by atoms with Crippen molar-refractivity contribution in [2.75, 3.05) is 31.5 Å². The summed E-state index contributed by atoms with van der Waals surface area (Å²) in [5.41, 5.74) is 1.13. The fraction of sp³-hybridized carbons (Fsp3) is 0.500. The van der Waals surface area contributed by atoms with E-state index in [0.717, 1.165) is 12.8 Å². The first-order valence-electron chi connectivity index (χ1n) is 11.8. The van der Waals surface area contributed by atoms with Crippen LogP contribution in [0.25, 0.3) is 0 Å². The minimum Gasteiger partial charge on any atom is -0.337 e. The number of aromatic nitrogens is 2. The van der Waals surface area contributed by atoms with Crippen LogP contribution in [-0.2, 0) is 11.3 Å². The number of nitrogens with one attached hydrogen (secondary N) is 2. The number of hydrogen-bond acceptors (Lipinski definition) is 4.